The Morgan fingerprint density at radius 3 is 2.94 bits per heavy atom. The summed E-state index contributed by atoms with van der Waals surface area (Å²) in [6.45, 7) is 2.00. The van der Waals surface area contributed by atoms with Crippen molar-refractivity contribution >= 4 is 11.3 Å². The average molecular weight is 237 g/mol. The lowest BCUT2D eigenvalue weighted by atomic mass is 10.1. The Labute approximate surface area is 98.3 Å². The van der Waals surface area contributed by atoms with Gasteiger partial charge in [-0.15, -0.1) is 11.3 Å². The van der Waals surface area contributed by atoms with Crippen LogP contribution in [0.2, 0.25) is 0 Å². The average Bonchev–Trinajstić information content (AvgIpc) is 2.84. The molecule has 0 fully saturated rings. The summed E-state index contributed by atoms with van der Waals surface area (Å²) in [4.78, 5) is 5.42. The van der Waals surface area contributed by atoms with E-state index in [-0.39, 0.29) is 6.04 Å². The molecule has 16 heavy (non-hydrogen) atoms. The Kier molecular flexibility index (Phi) is 3.33. The van der Waals surface area contributed by atoms with Gasteiger partial charge >= 0.3 is 0 Å². The molecule has 6 heteroatoms. The Morgan fingerprint density at radius 1 is 1.62 bits per heavy atom. The molecule has 0 saturated heterocycles. The topological polar surface area (TPSA) is 68.8 Å². The lowest BCUT2D eigenvalue weighted by molar-refractivity contribution is 0.557. The first-order valence-electron chi connectivity index (χ1n) is 5.04. The van der Waals surface area contributed by atoms with Crippen LogP contribution in [0.15, 0.2) is 17.9 Å². The van der Waals surface area contributed by atoms with Gasteiger partial charge in [0.05, 0.1) is 23.4 Å². The van der Waals surface area contributed by atoms with E-state index in [1.54, 1.807) is 16.0 Å². The van der Waals surface area contributed by atoms with Crippen LogP contribution in [0.4, 0.5) is 0 Å². The molecule has 0 amide bonds. The molecule has 0 radical (unpaired) electrons. The number of nitrogens with zero attached hydrogens (tertiary/aromatic N) is 3. The largest absolute Gasteiger partial charge is 0.276 e. The first-order valence-corrected chi connectivity index (χ1v) is 5.92. The number of hydrogen-bond donors (Lipinski definition) is 2. The molecule has 3 N–H and O–H groups in total. The molecule has 5 nitrogen and oxygen atoms in total. The second-order valence-electron chi connectivity index (χ2n) is 3.75. The van der Waals surface area contributed by atoms with E-state index in [1.807, 2.05) is 31.9 Å². The molecule has 2 aromatic rings. The maximum Gasteiger partial charge on any atom is 0.0798 e. The maximum atomic E-state index is 5.59. The normalized spacial score (nSPS) is 12.9. The van der Waals surface area contributed by atoms with Gasteiger partial charge < -0.3 is 0 Å². The van der Waals surface area contributed by atoms with Gasteiger partial charge in [-0.2, -0.15) is 5.10 Å². The van der Waals surface area contributed by atoms with Crippen LogP contribution in [-0.2, 0) is 13.5 Å². The smallest absolute Gasteiger partial charge is 0.0798 e. The summed E-state index contributed by atoms with van der Waals surface area (Å²) in [5.74, 6) is 5.59. The number of rotatable bonds is 4. The molecule has 0 saturated carbocycles. The van der Waals surface area contributed by atoms with Crippen molar-refractivity contribution in [1.29, 1.82) is 0 Å². The quantitative estimate of drug-likeness (QED) is 0.613. The molecule has 2 rings (SSSR count). The third kappa shape index (κ3) is 2.29. The zero-order valence-corrected chi connectivity index (χ0v) is 10.2. The minimum absolute atomic E-state index is 0.108. The minimum atomic E-state index is 0.108. The standard InChI is InChI=1S/C10H15N5S/c1-7-10(16-6-12-7)9(14-11)3-8-4-13-15(2)5-8/h4-6,9,14H,3,11H2,1-2H3. The van der Waals surface area contributed by atoms with E-state index >= 15 is 0 Å². The summed E-state index contributed by atoms with van der Waals surface area (Å²) < 4.78 is 1.79. The predicted molar refractivity (Wildman–Crippen MR) is 63.8 cm³/mol. The van der Waals surface area contributed by atoms with E-state index in [1.165, 1.54) is 10.4 Å². The summed E-state index contributed by atoms with van der Waals surface area (Å²) in [6.07, 6.45) is 4.69. The molecule has 1 atom stereocenters. The van der Waals surface area contributed by atoms with E-state index in [0.29, 0.717) is 0 Å². The van der Waals surface area contributed by atoms with Crippen molar-refractivity contribution in [2.75, 3.05) is 0 Å². The van der Waals surface area contributed by atoms with Gasteiger partial charge in [0.1, 0.15) is 0 Å². The first-order chi connectivity index (χ1) is 7.70. The van der Waals surface area contributed by atoms with Crippen molar-refractivity contribution in [3.05, 3.63) is 34.0 Å². The molecule has 2 aromatic heterocycles. The van der Waals surface area contributed by atoms with Crippen molar-refractivity contribution in [3.8, 4) is 0 Å². The maximum absolute atomic E-state index is 5.59. The van der Waals surface area contributed by atoms with Gasteiger partial charge in [0.2, 0.25) is 0 Å². The summed E-state index contributed by atoms with van der Waals surface area (Å²) >= 11 is 1.63. The highest BCUT2D eigenvalue weighted by molar-refractivity contribution is 7.09. The van der Waals surface area contributed by atoms with E-state index in [4.69, 9.17) is 5.84 Å². The van der Waals surface area contributed by atoms with Crippen molar-refractivity contribution in [1.82, 2.24) is 20.2 Å². The highest BCUT2D eigenvalue weighted by Crippen LogP contribution is 2.24. The molecule has 2 heterocycles. The van der Waals surface area contributed by atoms with E-state index < -0.39 is 0 Å². The van der Waals surface area contributed by atoms with Gasteiger partial charge in [0.25, 0.3) is 0 Å². The van der Waals surface area contributed by atoms with Gasteiger partial charge in [-0.25, -0.2) is 4.98 Å². The monoisotopic (exact) mass is 237 g/mol. The highest BCUT2D eigenvalue weighted by Gasteiger charge is 2.15. The molecular weight excluding hydrogens is 222 g/mol. The van der Waals surface area contributed by atoms with Gasteiger partial charge in [-0.3, -0.25) is 16.0 Å². The number of hydrazine groups is 1. The summed E-state index contributed by atoms with van der Waals surface area (Å²) in [7, 11) is 1.91. The number of nitrogens with two attached hydrogens (primary N) is 1. The Hall–Kier alpha value is -1.24. The van der Waals surface area contributed by atoms with Crippen LogP contribution < -0.4 is 11.3 Å². The number of aryl methyl sites for hydroxylation is 2. The molecule has 1 unspecified atom stereocenters. The molecule has 0 bridgehead atoms. The molecule has 0 aliphatic heterocycles. The number of thiazole rings is 1. The third-order valence-corrected chi connectivity index (χ3v) is 3.54. The first kappa shape index (κ1) is 11.3. The van der Waals surface area contributed by atoms with Gasteiger partial charge in [-0.05, 0) is 18.9 Å². The van der Waals surface area contributed by atoms with Crippen LogP contribution >= 0.6 is 11.3 Å². The minimum Gasteiger partial charge on any atom is -0.276 e. The summed E-state index contributed by atoms with van der Waals surface area (Å²) in [5.41, 5.74) is 6.89. The molecule has 86 valence electrons. The second kappa shape index (κ2) is 4.73. The lowest BCUT2D eigenvalue weighted by Gasteiger charge is -2.13. The highest BCUT2D eigenvalue weighted by atomic mass is 32.1. The number of nitrogens with one attached hydrogen (secondary N) is 1. The zero-order chi connectivity index (χ0) is 11.5. The van der Waals surface area contributed by atoms with Crippen LogP contribution in [0, 0.1) is 6.92 Å². The number of aromatic nitrogens is 3. The van der Waals surface area contributed by atoms with Crippen molar-refractivity contribution < 1.29 is 0 Å². The summed E-state index contributed by atoms with van der Waals surface area (Å²) in [6, 6.07) is 0.108. The fourth-order valence-corrected chi connectivity index (χ4v) is 2.55. The zero-order valence-electron chi connectivity index (χ0n) is 9.34. The Morgan fingerprint density at radius 2 is 2.44 bits per heavy atom. The van der Waals surface area contributed by atoms with Gasteiger partial charge in [0.15, 0.2) is 0 Å². The van der Waals surface area contributed by atoms with Crippen LogP contribution in [-0.4, -0.2) is 14.8 Å². The van der Waals surface area contributed by atoms with E-state index in [9.17, 15) is 0 Å². The molecule has 0 aliphatic carbocycles. The van der Waals surface area contributed by atoms with Gasteiger partial charge in [-0.1, -0.05) is 0 Å². The Bertz CT molecular complexity index is 461. The molecule has 0 aromatic carbocycles. The lowest BCUT2D eigenvalue weighted by Crippen LogP contribution is -2.29. The van der Waals surface area contributed by atoms with Gasteiger partial charge in [0, 0.05) is 18.1 Å². The fourth-order valence-electron chi connectivity index (χ4n) is 1.69. The molecular formula is C10H15N5S. The van der Waals surface area contributed by atoms with Crippen LogP contribution in [0.3, 0.4) is 0 Å². The Balaban J connectivity index is 2.15. The fraction of sp³-hybridized carbons (Fsp3) is 0.400. The van der Waals surface area contributed by atoms with Crippen molar-refractivity contribution in [2.45, 2.75) is 19.4 Å². The van der Waals surface area contributed by atoms with Crippen LogP contribution in [0.1, 0.15) is 22.2 Å². The number of hydrogen-bond acceptors (Lipinski definition) is 5. The van der Waals surface area contributed by atoms with Crippen molar-refractivity contribution in [3.63, 3.8) is 0 Å². The molecule has 0 spiro atoms. The third-order valence-electron chi connectivity index (χ3n) is 2.50. The van der Waals surface area contributed by atoms with Crippen LogP contribution in [0.25, 0.3) is 0 Å². The second-order valence-corrected chi connectivity index (χ2v) is 4.63. The van der Waals surface area contributed by atoms with Crippen LogP contribution in [0.5, 0.6) is 0 Å². The van der Waals surface area contributed by atoms with E-state index in [2.05, 4.69) is 15.5 Å². The summed E-state index contributed by atoms with van der Waals surface area (Å²) in [5, 5.41) is 4.14. The molecule has 0 aliphatic rings. The van der Waals surface area contributed by atoms with Crippen molar-refractivity contribution in [2.24, 2.45) is 12.9 Å². The predicted octanol–water partition coefficient (Wildman–Crippen LogP) is 0.932. The van der Waals surface area contributed by atoms with E-state index in [0.717, 1.165) is 12.1 Å². The SMILES string of the molecule is Cc1ncsc1C(Cc1cnn(C)c1)NN.